The molecule has 0 spiro atoms. The number of hydrazine groups is 1. The van der Waals surface area contributed by atoms with E-state index in [1.165, 1.54) is 24.5 Å². The van der Waals surface area contributed by atoms with E-state index in [9.17, 15) is 18.0 Å². The van der Waals surface area contributed by atoms with Crippen LogP contribution in [0, 0.1) is 0 Å². The molecule has 6 nitrogen and oxygen atoms in total. The monoisotopic (exact) mass is 289 g/mol. The van der Waals surface area contributed by atoms with Crippen molar-refractivity contribution in [1.29, 1.82) is 0 Å². The van der Waals surface area contributed by atoms with Gasteiger partial charge in [0.1, 0.15) is 12.0 Å². The van der Waals surface area contributed by atoms with Crippen LogP contribution in [0.3, 0.4) is 0 Å². The first-order chi connectivity index (χ1) is 9.37. The third-order valence-electron chi connectivity index (χ3n) is 2.64. The number of hydrogen-bond acceptors (Lipinski definition) is 5. The summed E-state index contributed by atoms with van der Waals surface area (Å²) in [6, 6.07) is 4.76. The molecule has 1 aromatic rings. The number of benzene rings is 1. The van der Waals surface area contributed by atoms with E-state index in [-0.39, 0.29) is 0 Å². The summed E-state index contributed by atoms with van der Waals surface area (Å²) in [4.78, 5) is 16.6. The van der Waals surface area contributed by atoms with Crippen LogP contribution in [0.4, 0.5) is 13.2 Å². The molecule has 1 amide bonds. The average molecular weight is 289 g/mol. The molecule has 0 fully saturated rings. The highest BCUT2D eigenvalue weighted by atomic mass is 19.4. The van der Waals surface area contributed by atoms with Crippen molar-refractivity contribution >= 4 is 5.91 Å². The molecule has 0 bridgehead atoms. The molecular weight excluding hydrogens is 279 g/mol. The van der Waals surface area contributed by atoms with Crippen molar-refractivity contribution in [2.75, 3.05) is 0 Å². The van der Waals surface area contributed by atoms with Crippen molar-refractivity contribution in [3.05, 3.63) is 42.2 Å². The summed E-state index contributed by atoms with van der Waals surface area (Å²) in [5.41, 5.74) is 3.33. The number of nitrogens with two attached hydrogens (primary N) is 1. The predicted octanol–water partition coefficient (Wildman–Crippen LogP) is 0.819. The molecule has 1 aliphatic heterocycles. The van der Waals surface area contributed by atoms with Gasteiger partial charge in [0, 0.05) is 0 Å². The van der Waals surface area contributed by atoms with Crippen molar-refractivity contribution in [3.8, 4) is 5.75 Å². The molecule has 0 aromatic heterocycles. The lowest BCUT2D eigenvalue weighted by atomic mass is 9.90. The predicted molar refractivity (Wildman–Crippen MR) is 60.5 cm³/mol. The molecule has 0 saturated carbocycles. The summed E-state index contributed by atoms with van der Waals surface area (Å²) in [6.45, 7) is 0. The van der Waals surface area contributed by atoms with Gasteiger partial charge in [0.05, 0.1) is 0 Å². The topological polar surface area (TPSA) is 85.6 Å². The molecule has 0 radical (unpaired) electrons. The standard InChI is InChI=1S/C11H10F3N3O3/c12-11(13,14)20-8-3-1-7(2-4-8)10(9(18)16-15)5-6-19-17-10/h1-6,17H,15H2,(H,16,18). The molecule has 1 atom stereocenters. The largest absolute Gasteiger partial charge is 0.573 e. The van der Waals surface area contributed by atoms with Crippen LogP contribution in [0.2, 0.25) is 0 Å². The van der Waals surface area contributed by atoms with Gasteiger partial charge in [0.25, 0.3) is 5.91 Å². The molecule has 0 saturated heterocycles. The Morgan fingerprint density at radius 1 is 1.35 bits per heavy atom. The molecule has 1 aromatic carbocycles. The minimum Gasteiger partial charge on any atom is -0.415 e. The van der Waals surface area contributed by atoms with E-state index in [0.29, 0.717) is 5.56 Å². The maximum absolute atomic E-state index is 12.1. The van der Waals surface area contributed by atoms with Gasteiger partial charge in [0.2, 0.25) is 0 Å². The number of nitrogens with one attached hydrogen (secondary N) is 2. The van der Waals surface area contributed by atoms with Crippen LogP contribution >= 0.6 is 0 Å². The number of hydrogen-bond donors (Lipinski definition) is 3. The number of alkyl halides is 3. The van der Waals surface area contributed by atoms with Crippen LogP contribution < -0.4 is 21.5 Å². The van der Waals surface area contributed by atoms with Crippen LogP contribution in [-0.4, -0.2) is 12.3 Å². The Balaban J connectivity index is 2.28. The lowest BCUT2D eigenvalue weighted by Crippen LogP contribution is -2.52. The van der Waals surface area contributed by atoms with Gasteiger partial charge >= 0.3 is 6.36 Å². The minimum atomic E-state index is -4.78. The van der Waals surface area contributed by atoms with Gasteiger partial charge in [-0.2, -0.15) is 0 Å². The Kier molecular flexibility index (Phi) is 3.55. The van der Waals surface area contributed by atoms with Crippen LogP contribution in [0.15, 0.2) is 36.6 Å². The lowest BCUT2D eigenvalue weighted by molar-refractivity contribution is -0.274. The Morgan fingerprint density at radius 2 is 2.00 bits per heavy atom. The quantitative estimate of drug-likeness (QED) is 0.436. The summed E-state index contributed by atoms with van der Waals surface area (Å²) >= 11 is 0. The third-order valence-corrected chi connectivity index (χ3v) is 2.64. The van der Waals surface area contributed by atoms with E-state index in [4.69, 9.17) is 10.7 Å². The fourth-order valence-electron chi connectivity index (χ4n) is 1.74. The minimum absolute atomic E-state index is 0.337. The Morgan fingerprint density at radius 3 is 2.45 bits per heavy atom. The molecule has 1 unspecified atom stereocenters. The number of rotatable bonds is 3. The first-order valence-corrected chi connectivity index (χ1v) is 5.35. The summed E-state index contributed by atoms with van der Waals surface area (Å²) in [5.74, 6) is 4.06. The number of ether oxygens (including phenoxy) is 1. The zero-order valence-corrected chi connectivity index (χ0v) is 9.90. The Hall–Kier alpha value is -2.26. The molecular formula is C11H10F3N3O3. The summed E-state index contributed by atoms with van der Waals surface area (Å²) in [6.07, 6.45) is -2.16. The van der Waals surface area contributed by atoms with Gasteiger partial charge in [-0.15, -0.1) is 18.7 Å². The molecule has 108 valence electrons. The van der Waals surface area contributed by atoms with Crippen molar-refractivity contribution < 1.29 is 27.5 Å². The first kappa shape index (κ1) is 14.2. The van der Waals surface area contributed by atoms with E-state index in [2.05, 4.69) is 10.2 Å². The fourth-order valence-corrected chi connectivity index (χ4v) is 1.74. The van der Waals surface area contributed by atoms with E-state index in [1.54, 1.807) is 0 Å². The summed E-state index contributed by atoms with van der Waals surface area (Å²) in [7, 11) is 0. The third kappa shape index (κ3) is 2.68. The van der Waals surface area contributed by atoms with Crippen LogP contribution in [0.25, 0.3) is 0 Å². The zero-order valence-electron chi connectivity index (χ0n) is 9.90. The first-order valence-electron chi connectivity index (χ1n) is 5.35. The van der Waals surface area contributed by atoms with Crippen molar-refractivity contribution in [2.45, 2.75) is 11.9 Å². The number of amides is 1. The van der Waals surface area contributed by atoms with Gasteiger partial charge in [-0.1, -0.05) is 12.1 Å². The van der Waals surface area contributed by atoms with Crippen LogP contribution in [0.1, 0.15) is 5.56 Å². The molecule has 4 N–H and O–H groups in total. The van der Waals surface area contributed by atoms with Crippen molar-refractivity contribution in [1.82, 2.24) is 10.9 Å². The molecule has 9 heteroatoms. The number of carbonyl (C=O) groups is 1. The second kappa shape index (κ2) is 5.02. The lowest BCUT2D eigenvalue weighted by Gasteiger charge is -2.24. The van der Waals surface area contributed by atoms with Gasteiger partial charge in [0.15, 0.2) is 5.54 Å². The van der Waals surface area contributed by atoms with E-state index in [1.807, 2.05) is 5.43 Å². The molecule has 2 rings (SSSR count). The number of carbonyl (C=O) groups excluding carboxylic acids is 1. The van der Waals surface area contributed by atoms with E-state index >= 15 is 0 Å². The molecule has 20 heavy (non-hydrogen) atoms. The molecule has 1 heterocycles. The number of hydroxylamine groups is 1. The van der Waals surface area contributed by atoms with Crippen molar-refractivity contribution in [3.63, 3.8) is 0 Å². The van der Waals surface area contributed by atoms with E-state index in [0.717, 1.165) is 12.1 Å². The smallest absolute Gasteiger partial charge is 0.415 e. The normalized spacial score (nSPS) is 21.4. The van der Waals surface area contributed by atoms with Gasteiger partial charge in [-0.3, -0.25) is 10.2 Å². The SMILES string of the molecule is NNC(=O)C1(c2ccc(OC(F)(F)F)cc2)C=CON1. The second-order valence-electron chi connectivity index (χ2n) is 3.88. The summed E-state index contributed by atoms with van der Waals surface area (Å²) in [5, 5.41) is 0. The maximum Gasteiger partial charge on any atom is 0.573 e. The molecule has 0 aliphatic carbocycles. The Labute approximate surface area is 111 Å². The highest BCUT2D eigenvalue weighted by Gasteiger charge is 2.41. The summed E-state index contributed by atoms with van der Waals surface area (Å²) < 4.78 is 39.9. The van der Waals surface area contributed by atoms with Crippen LogP contribution in [0.5, 0.6) is 5.75 Å². The van der Waals surface area contributed by atoms with Gasteiger partial charge in [-0.05, 0) is 23.8 Å². The van der Waals surface area contributed by atoms with Gasteiger partial charge in [-0.25, -0.2) is 5.84 Å². The maximum atomic E-state index is 12.1. The molecule has 1 aliphatic rings. The highest BCUT2D eigenvalue weighted by Crippen LogP contribution is 2.30. The second-order valence-corrected chi connectivity index (χ2v) is 3.88. The van der Waals surface area contributed by atoms with E-state index < -0.39 is 23.6 Å². The van der Waals surface area contributed by atoms with Gasteiger partial charge < -0.3 is 9.57 Å². The highest BCUT2D eigenvalue weighted by molar-refractivity contribution is 5.89. The van der Waals surface area contributed by atoms with Crippen LogP contribution in [-0.2, 0) is 15.2 Å². The fraction of sp³-hybridized carbons (Fsp3) is 0.182. The average Bonchev–Trinajstić information content (AvgIpc) is 2.87. The Bertz CT molecular complexity index is 530. The zero-order chi connectivity index (χ0) is 14.8. The number of halogens is 3. The van der Waals surface area contributed by atoms with Crippen molar-refractivity contribution in [2.24, 2.45) is 5.84 Å².